The predicted molar refractivity (Wildman–Crippen MR) is 189 cm³/mol. The summed E-state index contributed by atoms with van der Waals surface area (Å²) >= 11 is -3.65. The molecule has 0 saturated carbocycles. The standard InChI is InChI=1S/2C18H17.C3H8Si.2CH3.Hf/c2*1-13(2)14-9-11-16(12-10-14)18-8-4-6-15-5-3-7-17(15)18;1-2-3-4;;;/h2*3-13H,1-2H3;4H,2-3H2,1H3;2*1H3;. The quantitative estimate of drug-likeness (QED) is 0.158. The molecule has 0 N–H and O–H groups in total. The van der Waals surface area contributed by atoms with Crippen molar-refractivity contribution < 1.29 is 17.1 Å². The summed E-state index contributed by atoms with van der Waals surface area (Å²) in [7, 11) is 0. The molecule has 0 heterocycles. The molecule has 43 heavy (non-hydrogen) atoms. The van der Waals surface area contributed by atoms with Gasteiger partial charge in [-0.05, 0) is 0 Å². The molecule has 2 aliphatic carbocycles. The van der Waals surface area contributed by atoms with Crippen LogP contribution in [0.4, 0.5) is 0 Å². The molecule has 0 bridgehead atoms. The molecule has 0 fully saturated rings. The summed E-state index contributed by atoms with van der Waals surface area (Å²) in [5.74, 6) is 1.11. The molecule has 6 rings (SSSR count). The van der Waals surface area contributed by atoms with Crippen molar-refractivity contribution in [3.8, 4) is 22.3 Å². The average molecular weight is 747 g/mol. The van der Waals surface area contributed by atoms with Gasteiger partial charge in [0.25, 0.3) is 0 Å². The third-order valence-corrected chi connectivity index (χ3v) is 53.4. The summed E-state index contributed by atoms with van der Waals surface area (Å²) in [4.78, 5) is 0. The first kappa shape index (κ1) is 30.5. The fraction of sp³-hybridized carbons (Fsp3) is 0.317. The molecule has 0 amide bonds. The fourth-order valence-corrected chi connectivity index (χ4v) is 48.1. The monoisotopic (exact) mass is 748 g/mol. The Morgan fingerprint density at radius 1 is 0.605 bits per heavy atom. The molecule has 2 atom stereocenters. The van der Waals surface area contributed by atoms with Crippen LogP contribution in [0.5, 0.6) is 0 Å². The topological polar surface area (TPSA) is 0 Å². The van der Waals surface area contributed by atoms with E-state index in [1.807, 2.05) is 0 Å². The van der Waals surface area contributed by atoms with Gasteiger partial charge >= 0.3 is 264 Å². The van der Waals surface area contributed by atoms with Crippen molar-refractivity contribution in [1.29, 1.82) is 0 Å². The van der Waals surface area contributed by atoms with E-state index in [0.717, 1.165) is 0 Å². The van der Waals surface area contributed by atoms with Gasteiger partial charge in [0.05, 0.1) is 0 Å². The van der Waals surface area contributed by atoms with E-state index in [0.29, 0.717) is 25.4 Å². The van der Waals surface area contributed by atoms with Crippen LogP contribution in [0.25, 0.3) is 34.4 Å². The van der Waals surface area contributed by atoms with E-state index in [-0.39, 0.29) is 0 Å². The van der Waals surface area contributed by atoms with Crippen LogP contribution in [0.2, 0.25) is 15.4 Å². The van der Waals surface area contributed by atoms with E-state index in [1.165, 1.54) is 57.0 Å². The Bertz CT molecular complexity index is 1650. The summed E-state index contributed by atoms with van der Waals surface area (Å²) in [5.41, 5.74) is 14.4. The van der Waals surface area contributed by atoms with Crippen LogP contribution in [0.3, 0.4) is 0 Å². The van der Waals surface area contributed by atoms with E-state index >= 15 is 0 Å². The SMILES string of the molecule is CCC[SiH]=[Hf]([CH3])([CH3])([CH]1C=Cc2c(-c3ccc(C(C)C)cc3)cccc21)[CH]1C=Cc2c(-c3ccc(C(C)C)cc3)cccc21. The van der Waals surface area contributed by atoms with Gasteiger partial charge in [-0.25, -0.2) is 0 Å². The third-order valence-electron chi connectivity index (χ3n) is 10.7. The van der Waals surface area contributed by atoms with Gasteiger partial charge in [-0.15, -0.1) is 0 Å². The molecule has 2 aliphatic rings. The van der Waals surface area contributed by atoms with Crippen LogP contribution in [-0.2, 0) is 17.1 Å². The molecule has 4 aromatic carbocycles. The van der Waals surface area contributed by atoms with Gasteiger partial charge in [0.1, 0.15) is 0 Å². The number of allylic oxidation sites excluding steroid dienone is 2. The summed E-state index contributed by atoms with van der Waals surface area (Å²) in [6.07, 6.45) is 12.0. The number of benzene rings is 4. The minimum atomic E-state index is -3.65. The molecule has 4 aromatic rings. The number of hydrogen-bond acceptors (Lipinski definition) is 0. The Morgan fingerprint density at radius 3 is 1.40 bits per heavy atom. The van der Waals surface area contributed by atoms with Crippen molar-refractivity contribution in [2.45, 2.75) is 75.6 Å². The summed E-state index contributed by atoms with van der Waals surface area (Å²) in [6, 6.07) is 34.3. The maximum absolute atomic E-state index is 3.65. The van der Waals surface area contributed by atoms with Gasteiger partial charge in [-0.2, -0.15) is 0 Å². The number of hydrogen-bond donors (Lipinski definition) is 0. The average Bonchev–Trinajstić information content (AvgIpc) is 3.67. The normalized spacial score (nSPS) is 17.5. The van der Waals surface area contributed by atoms with Crippen LogP contribution in [-0.4, -0.2) is 6.22 Å². The molecule has 220 valence electrons. The zero-order valence-corrected chi connectivity index (χ0v) is 31.9. The zero-order chi connectivity index (χ0) is 30.4. The van der Waals surface area contributed by atoms with E-state index in [1.54, 1.807) is 11.1 Å². The third kappa shape index (κ3) is 5.37. The Morgan fingerprint density at radius 2 is 1.02 bits per heavy atom. The van der Waals surface area contributed by atoms with Gasteiger partial charge < -0.3 is 0 Å². The predicted octanol–water partition coefficient (Wildman–Crippen LogP) is 12.1. The molecule has 0 aromatic heterocycles. The molecule has 0 aliphatic heterocycles. The molecule has 0 spiro atoms. The maximum atomic E-state index is 2.84. The van der Waals surface area contributed by atoms with Gasteiger partial charge in [-0.3, -0.25) is 0 Å². The summed E-state index contributed by atoms with van der Waals surface area (Å²) in [5, 5.41) is 0. The van der Waals surface area contributed by atoms with Gasteiger partial charge in [0, 0.05) is 0 Å². The molecular formula is C41H48HfSi. The van der Waals surface area contributed by atoms with Crippen LogP contribution in [0, 0.1) is 0 Å². The second-order valence-electron chi connectivity index (χ2n) is 14.6. The van der Waals surface area contributed by atoms with Crippen molar-refractivity contribution in [2.24, 2.45) is 0 Å². The molecular weight excluding hydrogens is 699 g/mol. The summed E-state index contributed by atoms with van der Waals surface area (Å²) in [6.45, 7) is 11.5. The Kier molecular flexibility index (Phi) is 8.33. The van der Waals surface area contributed by atoms with Gasteiger partial charge in [0.2, 0.25) is 0 Å². The molecule has 0 saturated heterocycles. The summed E-state index contributed by atoms with van der Waals surface area (Å²) < 4.78 is 6.84. The molecule has 0 nitrogen and oxygen atoms in total. The van der Waals surface area contributed by atoms with Gasteiger partial charge in [0.15, 0.2) is 0 Å². The Balaban J connectivity index is 1.44. The Hall–Kier alpha value is -2.55. The van der Waals surface area contributed by atoms with E-state index in [4.69, 9.17) is 0 Å². The van der Waals surface area contributed by atoms with Crippen molar-refractivity contribution in [1.82, 2.24) is 0 Å². The van der Waals surface area contributed by atoms with Crippen molar-refractivity contribution in [3.63, 3.8) is 0 Å². The Labute approximate surface area is 262 Å². The van der Waals surface area contributed by atoms with E-state index in [2.05, 4.69) is 153 Å². The molecule has 2 heteroatoms. The van der Waals surface area contributed by atoms with Crippen LogP contribution >= 0.6 is 0 Å². The second-order valence-corrected chi connectivity index (χ2v) is 59.0. The number of fused-ring (bicyclic) bond motifs is 2. The van der Waals surface area contributed by atoms with Crippen LogP contribution < -0.4 is 0 Å². The first-order chi connectivity index (χ1) is 20.6. The first-order valence-electron chi connectivity index (χ1n) is 16.5. The van der Waals surface area contributed by atoms with Crippen LogP contribution in [0.1, 0.15) is 93.6 Å². The minimum absolute atomic E-state index is 0.394. The molecule has 0 radical (unpaired) electrons. The van der Waals surface area contributed by atoms with Gasteiger partial charge in [-0.1, -0.05) is 0 Å². The van der Waals surface area contributed by atoms with E-state index < -0.39 is 17.1 Å². The van der Waals surface area contributed by atoms with Crippen molar-refractivity contribution in [3.05, 3.63) is 130 Å². The second kappa shape index (κ2) is 11.7. The fourth-order valence-electron chi connectivity index (χ4n) is 7.91. The zero-order valence-electron chi connectivity index (χ0n) is 27.2. The first-order valence-corrected chi connectivity index (χ1v) is 35.4. The molecule has 2 unspecified atom stereocenters. The number of rotatable bonds is 8. The van der Waals surface area contributed by atoms with E-state index in [9.17, 15) is 0 Å². The van der Waals surface area contributed by atoms with Crippen molar-refractivity contribution in [2.75, 3.05) is 0 Å². The van der Waals surface area contributed by atoms with Crippen LogP contribution in [0.15, 0.2) is 97.1 Å². The van der Waals surface area contributed by atoms with Crippen molar-refractivity contribution >= 4 is 18.4 Å².